The van der Waals surface area contributed by atoms with E-state index in [1.807, 2.05) is 23.1 Å². The first-order chi connectivity index (χ1) is 11.1. The van der Waals surface area contributed by atoms with Crippen LogP contribution < -0.4 is 5.32 Å². The summed E-state index contributed by atoms with van der Waals surface area (Å²) in [5.41, 5.74) is 1.80. The summed E-state index contributed by atoms with van der Waals surface area (Å²) in [6, 6.07) is 7.39. The number of carbonyl (C=O) groups excluding carboxylic acids is 1. The van der Waals surface area contributed by atoms with Crippen molar-refractivity contribution in [3.05, 3.63) is 40.6 Å². The largest absolute Gasteiger partial charge is 0.360 e. The van der Waals surface area contributed by atoms with E-state index in [1.165, 1.54) is 0 Å². The lowest BCUT2D eigenvalue weighted by Crippen LogP contribution is -2.32. The average molecular weight is 332 g/mol. The van der Waals surface area contributed by atoms with Crippen molar-refractivity contribution in [3.8, 4) is 11.3 Å². The second-order valence-electron chi connectivity index (χ2n) is 6.33. The summed E-state index contributed by atoms with van der Waals surface area (Å²) < 4.78 is 5.31. The monoisotopic (exact) mass is 331 g/mol. The molecule has 6 heteroatoms. The van der Waals surface area contributed by atoms with Crippen molar-refractivity contribution < 1.29 is 9.32 Å². The summed E-state index contributed by atoms with van der Waals surface area (Å²) >= 11 is 6.27. The van der Waals surface area contributed by atoms with Gasteiger partial charge in [-0.1, -0.05) is 35.0 Å². The summed E-state index contributed by atoms with van der Waals surface area (Å²) in [5.74, 6) is 1.65. The zero-order chi connectivity index (χ0) is 16.0. The van der Waals surface area contributed by atoms with Crippen molar-refractivity contribution in [3.63, 3.8) is 0 Å². The predicted molar refractivity (Wildman–Crippen MR) is 87.4 cm³/mol. The topological polar surface area (TPSA) is 58.4 Å². The fourth-order valence-corrected chi connectivity index (χ4v) is 3.87. The maximum Gasteiger partial charge on any atom is 0.259 e. The van der Waals surface area contributed by atoms with E-state index in [9.17, 15) is 4.79 Å². The molecule has 2 aliphatic heterocycles. The Morgan fingerprint density at radius 2 is 2.00 bits per heavy atom. The van der Waals surface area contributed by atoms with E-state index in [4.69, 9.17) is 16.1 Å². The first kappa shape index (κ1) is 14.7. The van der Waals surface area contributed by atoms with E-state index in [0.29, 0.717) is 33.9 Å². The number of fused-ring (bicyclic) bond motifs is 1. The molecule has 0 bridgehead atoms. The van der Waals surface area contributed by atoms with Crippen LogP contribution in [0.15, 0.2) is 28.8 Å². The number of halogens is 1. The van der Waals surface area contributed by atoms with Crippen molar-refractivity contribution >= 4 is 17.5 Å². The third-order valence-corrected chi connectivity index (χ3v) is 5.21. The minimum Gasteiger partial charge on any atom is -0.360 e. The van der Waals surface area contributed by atoms with Gasteiger partial charge in [-0.15, -0.1) is 0 Å². The number of rotatable bonds is 2. The van der Waals surface area contributed by atoms with Crippen LogP contribution in [0.4, 0.5) is 0 Å². The van der Waals surface area contributed by atoms with Crippen LogP contribution in [0.2, 0.25) is 5.02 Å². The number of carbonyl (C=O) groups is 1. The molecule has 1 aromatic heterocycles. The van der Waals surface area contributed by atoms with Gasteiger partial charge in [-0.05, 0) is 24.8 Å². The predicted octanol–water partition coefficient (Wildman–Crippen LogP) is 2.59. The minimum absolute atomic E-state index is 0.00642. The number of likely N-dealkylation sites (tertiary alicyclic amines) is 1. The molecular weight excluding hydrogens is 314 g/mol. The Morgan fingerprint density at radius 3 is 2.70 bits per heavy atom. The van der Waals surface area contributed by atoms with Crippen LogP contribution in [0.1, 0.15) is 16.1 Å². The van der Waals surface area contributed by atoms with Crippen molar-refractivity contribution in [2.45, 2.75) is 6.92 Å². The van der Waals surface area contributed by atoms with Gasteiger partial charge < -0.3 is 14.7 Å². The molecule has 1 amide bonds. The highest BCUT2D eigenvalue weighted by molar-refractivity contribution is 6.33. The average Bonchev–Trinajstić information content (AvgIpc) is 3.21. The first-order valence-corrected chi connectivity index (χ1v) is 8.24. The number of hydrogen-bond acceptors (Lipinski definition) is 4. The molecule has 0 saturated carbocycles. The van der Waals surface area contributed by atoms with Crippen LogP contribution in [0, 0.1) is 18.8 Å². The Hall–Kier alpha value is -1.85. The van der Waals surface area contributed by atoms with Gasteiger partial charge in [0.25, 0.3) is 5.91 Å². The van der Waals surface area contributed by atoms with Crippen LogP contribution in [-0.4, -0.2) is 42.1 Å². The SMILES string of the molecule is Cc1onc(-c2ccccc2Cl)c1C(=O)N1C[C@H]2CNC[C@H]2C1. The van der Waals surface area contributed by atoms with E-state index in [-0.39, 0.29) is 5.91 Å². The normalized spacial score (nSPS) is 23.3. The Morgan fingerprint density at radius 1 is 1.30 bits per heavy atom. The van der Waals surface area contributed by atoms with Gasteiger partial charge in [0.05, 0.1) is 5.02 Å². The summed E-state index contributed by atoms with van der Waals surface area (Å²) in [6.07, 6.45) is 0. The number of nitrogens with one attached hydrogen (secondary N) is 1. The fourth-order valence-electron chi connectivity index (χ4n) is 3.64. The second-order valence-corrected chi connectivity index (χ2v) is 6.74. The molecule has 0 spiro atoms. The van der Waals surface area contributed by atoms with E-state index in [1.54, 1.807) is 13.0 Å². The van der Waals surface area contributed by atoms with Crippen LogP contribution >= 0.6 is 11.6 Å². The Kier molecular flexibility index (Phi) is 3.62. The third-order valence-electron chi connectivity index (χ3n) is 4.88. The maximum absolute atomic E-state index is 13.0. The molecule has 2 aromatic rings. The molecule has 4 rings (SSSR count). The molecule has 2 saturated heterocycles. The lowest BCUT2D eigenvalue weighted by molar-refractivity contribution is 0.0780. The van der Waals surface area contributed by atoms with Crippen molar-refractivity contribution in [2.24, 2.45) is 11.8 Å². The zero-order valence-electron chi connectivity index (χ0n) is 12.9. The summed E-state index contributed by atoms with van der Waals surface area (Å²) in [6.45, 7) is 5.36. The van der Waals surface area contributed by atoms with E-state index < -0.39 is 0 Å². The summed E-state index contributed by atoms with van der Waals surface area (Å²) in [4.78, 5) is 15.0. The van der Waals surface area contributed by atoms with Gasteiger partial charge in [-0.2, -0.15) is 0 Å². The molecule has 120 valence electrons. The molecule has 0 aliphatic carbocycles. The molecule has 1 aromatic carbocycles. The Balaban J connectivity index is 1.68. The first-order valence-electron chi connectivity index (χ1n) is 7.86. The third kappa shape index (κ3) is 2.44. The standard InChI is InChI=1S/C17H18ClN3O2/c1-10-15(16(20-23-10)13-4-2-3-5-14(13)18)17(22)21-8-11-6-19-7-12(11)9-21/h2-5,11-12,19H,6-9H2,1H3/t11-,12+. The molecule has 1 N–H and O–H groups in total. The quantitative estimate of drug-likeness (QED) is 0.919. The number of benzene rings is 1. The van der Waals surface area contributed by atoms with Gasteiger partial charge >= 0.3 is 0 Å². The smallest absolute Gasteiger partial charge is 0.259 e. The van der Waals surface area contributed by atoms with Crippen LogP contribution in [-0.2, 0) is 0 Å². The van der Waals surface area contributed by atoms with Gasteiger partial charge in [0.1, 0.15) is 17.0 Å². The summed E-state index contributed by atoms with van der Waals surface area (Å²) in [5, 5.41) is 8.05. The minimum atomic E-state index is -0.00642. The Bertz CT molecular complexity index is 746. The molecule has 2 aliphatic rings. The van der Waals surface area contributed by atoms with Crippen LogP contribution in [0.25, 0.3) is 11.3 Å². The molecular formula is C17H18ClN3O2. The van der Waals surface area contributed by atoms with Crippen LogP contribution in [0.5, 0.6) is 0 Å². The van der Waals surface area contributed by atoms with Gasteiger partial charge in [0.15, 0.2) is 0 Å². The van der Waals surface area contributed by atoms with Crippen molar-refractivity contribution in [2.75, 3.05) is 26.2 Å². The molecule has 0 unspecified atom stereocenters. The summed E-state index contributed by atoms with van der Waals surface area (Å²) in [7, 11) is 0. The number of aromatic nitrogens is 1. The van der Waals surface area contributed by atoms with Gasteiger partial charge in [-0.25, -0.2) is 0 Å². The van der Waals surface area contributed by atoms with E-state index >= 15 is 0 Å². The Labute approximate surface area is 139 Å². The molecule has 0 radical (unpaired) electrons. The fraction of sp³-hybridized carbons (Fsp3) is 0.412. The molecule has 3 heterocycles. The lowest BCUT2D eigenvalue weighted by atomic mass is 10.0. The zero-order valence-corrected chi connectivity index (χ0v) is 13.6. The van der Waals surface area contributed by atoms with Crippen molar-refractivity contribution in [1.29, 1.82) is 0 Å². The van der Waals surface area contributed by atoms with E-state index in [0.717, 1.165) is 31.7 Å². The second kappa shape index (κ2) is 5.65. The van der Waals surface area contributed by atoms with Crippen molar-refractivity contribution in [1.82, 2.24) is 15.4 Å². The highest BCUT2D eigenvalue weighted by atomic mass is 35.5. The van der Waals surface area contributed by atoms with E-state index in [2.05, 4.69) is 10.5 Å². The lowest BCUT2D eigenvalue weighted by Gasteiger charge is -2.17. The highest BCUT2D eigenvalue weighted by Crippen LogP contribution is 2.34. The highest BCUT2D eigenvalue weighted by Gasteiger charge is 2.39. The number of aryl methyl sites for hydroxylation is 1. The number of amides is 1. The maximum atomic E-state index is 13.0. The number of hydrogen-bond donors (Lipinski definition) is 1. The molecule has 23 heavy (non-hydrogen) atoms. The molecule has 5 nitrogen and oxygen atoms in total. The van der Waals surface area contributed by atoms with Gasteiger partial charge in [0, 0.05) is 31.7 Å². The molecule has 2 atom stereocenters. The number of nitrogens with zero attached hydrogens (tertiary/aromatic N) is 2. The van der Waals surface area contributed by atoms with Gasteiger partial charge in [-0.3, -0.25) is 4.79 Å². The van der Waals surface area contributed by atoms with Crippen LogP contribution in [0.3, 0.4) is 0 Å². The van der Waals surface area contributed by atoms with Gasteiger partial charge in [0.2, 0.25) is 0 Å². The molecule has 2 fully saturated rings.